The molecule has 0 rings (SSSR count). The summed E-state index contributed by atoms with van der Waals surface area (Å²) >= 11 is 0. The quantitative estimate of drug-likeness (QED) is 0.543. The standard InChI is InChI=1S/Ce.Fe.O.Ti/q+3;+2;-2;+4. The van der Waals surface area contributed by atoms with Gasteiger partial charge in [-0.15, -0.1) is 0 Å². The van der Waals surface area contributed by atoms with Crippen molar-refractivity contribution in [3.8, 4) is 0 Å². The van der Waals surface area contributed by atoms with E-state index < -0.39 is 0 Å². The molecule has 0 atom stereocenters. The molecular weight excluding hydrogens is 260 g/mol. The van der Waals surface area contributed by atoms with Gasteiger partial charge in [-0.1, -0.05) is 0 Å². The second kappa shape index (κ2) is 17.6. The van der Waals surface area contributed by atoms with Crippen LogP contribution in [0.2, 0.25) is 0 Å². The normalized spacial score (nSPS) is 0. The van der Waals surface area contributed by atoms with E-state index in [0.717, 1.165) is 0 Å². The number of rotatable bonds is 0. The molecule has 4 heavy (non-hydrogen) atoms. The van der Waals surface area contributed by atoms with Gasteiger partial charge in [-0.2, -0.15) is 0 Å². The first-order valence-electron chi connectivity index (χ1n) is 0. The van der Waals surface area contributed by atoms with E-state index >= 15 is 0 Å². The molecule has 0 spiro atoms. The van der Waals surface area contributed by atoms with Crippen molar-refractivity contribution in [1.29, 1.82) is 0 Å². The minimum absolute atomic E-state index is 0. The van der Waals surface area contributed by atoms with Crippen molar-refractivity contribution < 1.29 is 86.0 Å². The summed E-state index contributed by atoms with van der Waals surface area (Å²) in [6.07, 6.45) is 0. The minimum Gasteiger partial charge on any atom is -2.00 e. The average Bonchev–Trinajstić information content (AvgIpc) is 0. The van der Waals surface area contributed by atoms with Crippen LogP contribution in [-0.2, 0) is 44.3 Å². The van der Waals surface area contributed by atoms with Crippen molar-refractivity contribution >= 4 is 0 Å². The smallest absolute Gasteiger partial charge is 2.00 e. The van der Waals surface area contributed by atoms with Crippen molar-refractivity contribution in [1.82, 2.24) is 0 Å². The predicted molar refractivity (Wildman–Crippen MR) is 0.686 cm³/mol. The van der Waals surface area contributed by atoms with Gasteiger partial charge in [-0.25, -0.2) is 0 Å². The summed E-state index contributed by atoms with van der Waals surface area (Å²) in [5, 5.41) is 0. The average molecular weight is 260 g/mol. The fourth-order valence-electron chi connectivity index (χ4n) is 0. The first-order chi connectivity index (χ1) is 0. The van der Waals surface area contributed by atoms with Gasteiger partial charge in [0.15, 0.2) is 0 Å². The van der Waals surface area contributed by atoms with Crippen LogP contribution in [0.4, 0.5) is 0 Å². The van der Waals surface area contributed by atoms with Crippen LogP contribution in [-0.4, -0.2) is 0 Å². The molecule has 0 aromatic carbocycles. The first-order valence-corrected chi connectivity index (χ1v) is 0. The molecule has 0 aromatic rings. The van der Waals surface area contributed by atoms with Gasteiger partial charge >= 0.3 is 80.5 Å². The van der Waals surface area contributed by atoms with Gasteiger partial charge in [0.05, 0.1) is 0 Å². The van der Waals surface area contributed by atoms with E-state index in [2.05, 4.69) is 0 Å². The second-order valence-electron chi connectivity index (χ2n) is 0. The molecule has 1 nitrogen and oxygen atoms in total. The van der Waals surface area contributed by atoms with E-state index in [1.165, 1.54) is 0 Å². The molecule has 0 aromatic heterocycles. The summed E-state index contributed by atoms with van der Waals surface area (Å²) in [6, 6.07) is 0. The summed E-state index contributed by atoms with van der Waals surface area (Å²) in [4.78, 5) is 0. The van der Waals surface area contributed by atoms with E-state index in [1.54, 1.807) is 0 Å². The molecule has 0 saturated heterocycles. The van der Waals surface area contributed by atoms with E-state index in [1.807, 2.05) is 0 Å². The zero-order chi connectivity index (χ0) is 0. The molecule has 0 aliphatic rings. The Hall–Kier alpha value is 2.57. The Balaban J connectivity index is 0. The SMILES string of the molecule is [Ce+3].[Fe+2].[O-2].[Ti+4]. The van der Waals surface area contributed by atoms with Crippen molar-refractivity contribution in [2.24, 2.45) is 0 Å². The number of hydrogen-bond acceptors (Lipinski definition) is 0. The van der Waals surface area contributed by atoms with Gasteiger partial charge < -0.3 is 5.48 Å². The predicted octanol–water partition coefficient (Wildman–Crippen LogP) is -0.124. The molecule has 0 heterocycles. The Labute approximate surface area is 84.3 Å². The van der Waals surface area contributed by atoms with Gasteiger partial charge in [0, 0.05) is 0 Å². The fourth-order valence-corrected chi connectivity index (χ4v) is 0. The molecule has 0 bridgehead atoms. The molecule has 0 saturated carbocycles. The minimum atomic E-state index is 0. The fraction of sp³-hybridized carbons (Fsp3) is 0. The van der Waals surface area contributed by atoms with Crippen molar-refractivity contribution in [3.05, 3.63) is 0 Å². The van der Waals surface area contributed by atoms with E-state index in [-0.39, 0.29) is 86.0 Å². The molecule has 0 aliphatic carbocycles. The zero-order valence-electron chi connectivity index (χ0n) is 1.76. The Kier molecular flexibility index (Phi) is 136. The van der Waals surface area contributed by atoms with Gasteiger partial charge in [0.2, 0.25) is 0 Å². The molecule has 0 unspecified atom stereocenters. The molecular formula is CeFeOTi+7. The van der Waals surface area contributed by atoms with Crippen LogP contribution in [0.1, 0.15) is 0 Å². The van der Waals surface area contributed by atoms with E-state index in [4.69, 9.17) is 0 Å². The Morgan fingerprint density at radius 2 is 1.00 bits per heavy atom. The van der Waals surface area contributed by atoms with Crippen molar-refractivity contribution in [2.75, 3.05) is 0 Å². The monoisotopic (exact) mass is 260 g/mol. The van der Waals surface area contributed by atoms with Gasteiger partial charge in [-0.05, 0) is 0 Å². The maximum Gasteiger partial charge on any atom is 4.00 e. The van der Waals surface area contributed by atoms with E-state index in [0.29, 0.717) is 0 Å². The third-order valence-electron chi connectivity index (χ3n) is 0. The third-order valence-corrected chi connectivity index (χ3v) is 0. The molecule has 1 radical (unpaired) electrons. The van der Waals surface area contributed by atoms with E-state index in [9.17, 15) is 0 Å². The maximum absolute atomic E-state index is 0. The van der Waals surface area contributed by atoms with Crippen molar-refractivity contribution in [2.45, 2.75) is 0 Å². The van der Waals surface area contributed by atoms with Crippen LogP contribution in [0.5, 0.6) is 0 Å². The summed E-state index contributed by atoms with van der Waals surface area (Å²) in [5.74, 6) is 0. The largest absolute Gasteiger partial charge is 4.00 e. The van der Waals surface area contributed by atoms with Gasteiger partial charge in [0.25, 0.3) is 0 Å². The topological polar surface area (TPSA) is 28.5 Å². The second-order valence-corrected chi connectivity index (χ2v) is 0. The van der Waals surface area contributed by atoms with Crippen LogP contribution < -0.4 is 0 Å². The molecule has 0 aliphatic heterocycles. The van der Waals surface area contributed by atoms with Gasteiger partial charge in [-0.3, -0.25) is 0 Å². The summed E-state index contributed by atoms with van der Waals surface area (Å²) in [5.41, 5.74) is 0. The van der Waals surface area contributed by atoms with Crippen LogP contribution in [0.3, 0.4) is 0 Å². The summed E-state index contributed by atoms with van der Waals surface area (Å²) in [6.45, 7) is 0. The summed E-state index contributed by atoms with van der Waals surface area (Å²) < 4.78 is 0. The Bertz CT molecular complexity index is 8.00. The maximum atomic E-state index is 0. The Morgan fingerprint density at radius 1 is 1.00 bits per heavy atom. The molecule has 4 heteroatoms. The molecule has 15 valence electrons. The third kappa shape index (κ3) is 8.82. The molecule has 0 amide bonds. The van der Waals surface area contributed by atoms with Crippen LogP contribution in [0.25, 0.3) is 0 Å². The molecule has 0 fully saturated rings. The number of hydrogen-bond donors (Lipinski definition) is 0. The Morgan fingerprint density at radius 3 is 1.00 bits per heavy atom. The summed E-state index contributed by atoms with van der Waals surface area (Å²) in [7, 11) is 0. The van der Waals surface area contributed by atoms with Gasteiger partial charge in [0.1, 0.15) is 0 Å². The first kappa shape index (κ1) is 30.9. The molecule has 0 N–H and O–H groups in total. The van der Waals surface area contributed by atoms with Crippen LogP contribution in [0.15, 0.2) is 0 Å². The zero-order valence-corrected chi connectivity index (χ0v) is 7.57. The van der Waals surface area contributed by atoms with Crippen molar-refractivity contribution in [3.63, 3.8) is 0 Å². The van der Waals surface area contributed by atoms with Crippen LogP contribution in [0, 0.1) is 41.7 Å². The van der Waals surface area contributed by atoms with Crippen LogP contribution >= 0.6 is 0 Å².